The van der Waals surface area contributed by atoms with Crippen molar-refractivity contribution in [3.63, 3.8) is 0 Å². The van der Waals surface area contributed by atoms with Gasteiger partial charge in [0.05, 0.1) is 5.60 Å². The van der Waals surface area contributed by atoms with Crippen LogP contribution in [0.2, 0.25) is 0 Å². The van der Waals surface area contributed by atoms with E-state index in [1.807, 2.05) is 6.07 Å². The van der Waals surface area contributed by atoms with Crippen LogP contribution in [-0.2, 0) is 11.2 Å². The van der Waals surface area contributed by atoms with Gasteiger partial charge in [0.15, 0.2) is 0 Å². The largest absolute Gasteiger partial charge is 0.385 e. The highest BCUT2D eigenvalue weighted by Crippen LogP contribution is 2.40. The summed E-state index contributed by atoms with van der Waals surface area (Å²) in [5.74, 6) is 0.631. The fraction of sp³-hybridized carbons (Fsp3) is 0.684. The van der Waals surface area contributed by atoms with Crippen LogP contribution in [0.4, 0.5) is 0 Å². The first-order valence-corrected chi connectivity index (χ1v) is 8.39. The molecule has 2 heteroatoms. The molecule has 1 aliphatic carbocycles. The summed E-state index contributed by atoms with van der Waals surface area (Å²) in [6.45, 7) is 4.45. The summed E-state index contributed by atoms with van der Waals surface area (Å²) in [6.07, 6.45) is 7.26. The molecule has 2 rings (SSSR count). The molecule has 1 aromatic carbocycles. The molecule has 0 saturated heterocycles. The Labute approximate surface area is 129 Å². The third-order valence-electron chi connectivity index (χ3n) is 4.77. The number of ether oxygens (including phenoxy) is 1. The van der Waals surface area contributed by atoms with E-state index >= 15 is 0 Å². The molecule has 1 aliphatic rings. The average molecular weight is 290 g/mol. The van der Waals surface area contributed by atoms with Gasteiger partial charge in [0.2, 0.25) is 0 Å². The second-order valence-corrected chi connectivity index (χ2v) is 6.93. The lowest BCUT2D eigenvalue weighted by atomic mass is 9.83. The molecule has 0 amide bonds. The molecule has 21 heavy (non-hydrogen) atoms. The summed E-state index contributed by atoms with van der Waals surface area (Å²) in [5.41, 5.74) is 1.92. The number of methoxy groups -OCH3 is 1. The highest BCUT2D eigenvalue weighted by atomic mass is 16.5. The minimum absolute atomic E-state index is 0.396. The van der Waals surface area contributed by atoms with Crippen LogP contribution in [0.15, 0.2) is 24.3 Å². The molecule has 0 spiro atoms. The van der Waals surface area contributed by atoms with Gasteiger partial charge in [-0.3, -0.25) is 0 Å². The Hall–Kier alpha value is -0.860. The van der Waals surface area contributed by atoms with Crippen molar-refractivity contribution in [1.29, 1.82) is 0 Å². The molecule has 0 aliphatic heterocycles. The molecular formula is C19H30O2. The van der Waals surface area contributed by atoms with Gasteiger partial charge in [-0.2, -0.15) is 0 Å². The smallest absolute Gasteiger partial charge is 0.108 e. The second kappa shape index (κ2) is 7.42. The Morgan fingerprint density at radius 1 is 1.14 bits per heavy atom. The van der Waals surface area contributed by atoms with Crippen molar-refractivity contribution in [3.8, 4) is 0 Å². The van der Waals surface area contributed by atoms with Gasteiger partial charge in [-0.25, -0.2) is 0 Å². The normalized spacial score (nSPS) is 20.2. The SMILES string of the molecule is COC1(C(O)c2cccc(CC(C)C)c2)CCCCCC1. The number of aliphatic hydroxyl groups excluding tert-OH is 1. The van der Waals surface area contributed by atoms with Crippen LogP contribution < -0.4 is 0 Å². The van der Waals surface area contributed by atoms with Gasteiger partial charge in [-0.1, -0.05) is 63.8 Å². The average Bonchev–Trinajstić information content (AvgIpc) is 2.72. The summed E-state index contributed by atoms with van der Waals surface area (Å²) < 4.78 is 5.85. The highest BCUT2D eigenvalue weighted by Gasteiger charge is 2.39. The van der Waals surface area contributed by atoms with E-state index in [4.69, 9.17) is 4.74 Å². The van der Waals surface area contributed by atoms with Gasteiger partial charge >= 0.3 is 0 Å². The maximum atomic E-state index is 11.0. The van der Waals surface area contributed by atoms with Crippen LogP contribution in [0.5, 0.6) is 0 Å². The standard InChI is InChI=1S/C19H30O2/c1-15(2)13-16-9-8-10-17(14-16)18(20)19(21-3)11-6-4-5-7-12-19/h8-10,14-15,18,20H,4-7,11-13H2,1-3H3. The molecule has 0 bridgehead atoms. The van der Waals surface area contributed by atoms with Crippen molar-refractivity contribution in [1.82, 2.24) is 0 Å². The van der Waals surface area contributed by atoms with E-state index in [1.165, 1.54) is 18.4 Å². The fourth-order valence-electron chi connectivity index (χ4n) is 3.58. The van der Waals surface area contributed by atoms with Crippen LogP contribution >= 0.6 is 0 Å². The van der Waals surface area contributed by atoms with Crippen molar-refractivity contribution >= 4 is 0 Å². The highest BCUT2D eigenvalue weighted by molar-refractivity contribution is 5.27. The lowest BCUT2D eigenvalue weighted by molar-refractivity contribution is -0.114. The first-order chi connectivity index (χ1) is 10.1. The van der Waals surface area contributed by atoms with Crippen molar-refractivity contribution in [3.05, 3.63) is 35.4 Å². The summed E-state index contributed by atoms with van der Waals surface area (Å²) in [6, 6.07) is 8.43. The fourth-order valence-corrected chi connectivity index (χ4v) is 3.58. The number of benzene rings is 1. The first-order valence-electron chi connectivity index (χ1n) is 8.39. The molecule has 1 aromatic rings. The van der Waals surface area contributed by atoms with E-state index in [0.717, 1.165) is 37.7 Å². The number of hydrogen-bond acceptors (Lipinski definition) is 2. The topological polar surface area (TPSA) is 29.5 Å². The third kappa shape index (κ3) is 4.08. The summed E-state index contributed by atoms with van der Waals surface area (Å²) in [5, 5.41) is 11.0. The predicted molar refractivity (Wildman–Crippen MR) is 87.4 cm³/mol. The van der Waals surface area contributed by atoms with Crippen molar-refractivity contribution in [2.24, 2.45) is 5.92 Å². The van der Waals surface area contributed by atoms with Gasteiger partial charge in [0.1, 0.15) is 6.10 Å². The predicted octanol–water partition coefficient (Wildman–Crippen LogP) is 4.66. The molecule has 1 fully saturated rings. The lowest BCUT2D eigenvalue weighted by Gasteiger charge is -2.36. The van der Waals surface area contributed by atoms with E-state index < -0.39 is 11.7 Å². The van der Waals surface area contributed by atoms with E-state index in [0.29, 0.717) is 5.92 Å². The van der Waals surface area contributed by atoms with E-state index in [-0.39, 0.29) is 0 Å². The van der Waals surface area contributed by atoms with Crippen molar-refractivity contribution in [2.75, 3.05) is 7.11 Å². The lowest BCUT2D eigenvalue weighted by Crippen LogP contribution is -2.38. The Kier molecular flexibility index (Phi) is 5.83. The Bertz CT molecular complexity index is 431. The maximum Gasteiger partial charge on any atom is 0.108 e. The minimum Gasteiger partial charge on any atom is -0.385 e. The first kappa shape index (κ1) is 16.5. The monoisotopic (exact) mass is 290 g/mol. The summed E-state index contributed by atoms with van der Waals surface area (Å²) in [7, 11) is 1.76. The van der Waals surface area contributed by atoms with Gasteiger partial charge < -0.3 is 9.84 Å². The van der Waals surface area contributed by atoms with Crippen molar-refractivity contribution < 1.29 is 9.84 Å². The van der Waals surface area contributed by atoms with E-state index in [9.17, 15) is 5.11 Å². The zero-order valence-electron chi connectivity index (χ0n) is 13.8. The molecule has 1 unspecified atom stereocenters. The maximum absolute atomic E-state index is 11.0. The number of aliphatic hydroxyl groups is 1. The number of rotatable bonds is 5. The molecule has 0 heterocycles. The van der Waals surface area contributed by atoms with E-state index in [2.05, 4.69) is 32.0 Å². The molecule has 1 N–H and O–H groups in total. The van der Waals surface area contributed by atoms with Crippen LogP contribution in [0.25, 0.3) is 0 Å². The van der Waals surface area contributed by atoms with Gasteiger partial charge in [0, 0.05) is 7.11 Å². The minimum atomic E-state index is -0.521. The Morgan fingerprint density at radius 3 is 2.38 bits per heavy atom. The summed E-state index contributed by atoms with van der Waals surface area (Å²) >= 11 is 0. The van der Waals surface area contributed by atoms with E-state index in [1.54, 1.807) is 7.11 Å². The number of hydrogen-bond donors (Lipinski definition) is 1. The van der Waals surface area contributed by atoms with Crippen LogP contribution in [-0.4, -0.2) is 17.8 Å². The molecule has 0 aromatic heterocycles. The van der Waals surface area contributed by atoms with Crippen LogP contribution in [0, 0.1) is 5.92 Å². The van der Waals surface area contributed by atoms with Gasteiger partial charge in [-0.05, 0) is 36.3 Å². The van der Waals surface area contributed by atoms with Gasteiger partial charge in [0.25, 0.3) is 0 Å². The summed E-state index contributed by atoms with van der Waals surface area (Å²) in [4.78, 5) is 0. The van der Waals surface area contributed by atoms with Crippen LogP contribution in [0.1, 0.15) is 69.6 Å². The molecule has 0 radical (unpaired) electrons. The molecular weight excluding hydrogens is 260 g/mol. The molecule has 1 saturated carbocycles. The zero-order chi connectivity index (χ0) is 15.3. The Balaban J connectivity index is 2.22. The van der Waals surface area contributed by atoms with Gasteiger partial charge in [-0.15, -0.1) is 0 Å². The Morgan fingerprint density at radius 2 is 1.81 bits per heavy atom. The quantitative estimate of drug-likeness (QED) is 0.799. The molecule has 1 atom stereocenters. The molecule has 2 nitrogen and oxygen atoms in total. The van der Waals surface area contributed by atoms with Crippen molar-refractivity contribution in [2.45, 2.75) is 70.5 Å². The molecule has 118 valence electrons. The second-order valence-electron chi connectivity index (χ2n) is 6.93. The third-order valence-corrected chi connectivity index (χ3v) is 4.77. The van der Waals surface area contributed by atoms with Crippen LogP contribution in [0.3, 0.4) is 0 Å². The zero-order valence-corrected chi connectivity index (χ0v) is 13.8.